The van der Waals surface area contributed by atoms with Gasteiger partial charge in [0.25, 0.3) is 5.91 Å². The third-order valence-corrected chi connectivity index (χ3v) is 4.16. The van der Waals surface area contributed by atoms with Gasteiger partial charge in [-0.3, -0.25) is 4.79 Å². The Morgan fingerprint density at radius 1 is 0.900 bits per heavy atom. The van der Waals surface area contributed by atoms with Crippen LogP contribution in [-0.4, -0.2) is 38.3 Å². The quantitative estimate of drug-likeness (QED) is 0.560. The van der Waals surface area contributed by atoms with E-state index >= 15 is 0 Å². The number of nitrogens with one attached hydrogen (secondary N) is 1. The van der Waals surface area contributed by atoms with Gasteiger partial charge in [-0.25, -0.2) is 4.79 Å². The van der Waals surface area contributed by atoms with Crippen LogP contribution in [0.5, 0.6) is 17.2 Å². The minimum absolute atomic E-state index is 0.197. The lowest BCUT2D eigenvalue weighted by atomic mass is 10.1. The Labute approximate surface area is 177 Å². The van der Waals surface area contributed by atoms with Crippen LogP contribution in [0, 0.1) is 0 Å². The number of amides is 1. The van der Waals surface area contributed by atoms with E-state index in [1.807, 2.05) is 58.0 Å². The second-order valence-corrected chi connectivity index (χ2v) is 6.38. The summed E-state index contributed by atoms with van der Waals surface area (Å²) in [5.41, 5.74) is 1.18. The molecule has 0 aliphatic rings. The Kier molecular flexibility index (Phi) is 9.00. The second kappa shape index (κ2) is 11.7. The van der Waals surface area contributed by atoms with Crippen LogP contribution >= 0.6 is 0 Å². The number of hydrogen-bond donors (Lipinski definition) is 1. The van der Waals surface area contributed by atoms with Gasteiger partial charge in [0.05, 0.1) is 31.4 Å². The normalized spacial score (nSPS) is 11.3. The number of benzene rings is 2. The lowest BCUT2D eigenvalue weighted by Crippen LogP contribution is -2.31. The van der Waals surface area contributed by atoms with E-state index in [1.165, 1.54) is 12.1 Å². The summed E-state index contributed by atoms with van der Waals surface area (Å²) in [5.74, 6) is 0.175. The number of carbonyl (C=O) groups is 2. The van der Waals surface area contributed by atoms with Crippen molar-refractivity contribution in [1.82, 2.24) is 5.32 Å². The minimum atomic E-state index is -0.650. The van der Waals surface area contributed by atoms with Gasteiger partial charge in [-0.15, -0.1) is 0 Å². The van der Waals surface area contributed by atoms with Gasteiger partial charge in [-0.2, -0.15) is 0 Å². The molecular weight excluding hydrogens is 386 g/mol. The molecule has 30 heavy (non-hydrogen) atoms. The maximum absolute atomic E-state index is 12.5. The fourth-order valence-electron chi connectivity index (χ4n) is 2.83. The van der Waals surface area contributed by atoms with E-state index in [4.69, 9.17) is 18.9 Å². The van der Waals surface area contributed by atoms with Crippen molar-refractivity contribution in [2.75, 3.05) is 26.4 Å². The number of rotatable bonds is 11. The van der Waals surface area contributed by atoms with Gasteiger partial charge in [-0.05, 0) is 45.4 Å². The highest BCUT2D eigenvalue weighted by Gasteiger charge is 2.20. The molecule has 1 N–H and O–H groups in total. The summed E-state index contributed by atoms with van der Waals surface area (Å²) in [6.07, 6.45) is 0. The molecule has 0 heterocycles. The van der Waals surface area contributed by atoms with E-state index in [9.17, 15) is 9.59 Å². The summed E-state index contributed by atoms with van der Waals surface area (Å²) in [5, 5.41) is 2.81. The van der Waals surface area contributed by atoms with Crippen molar-refractivity contribution in [3.8, 4) is 17.2 Å². The molecule has 0 spiro atoms. The van der Waals surface area contributed by atoms with Gasteiger partial charge in [-0.1, -0.05) is 30.3 Å². The Balaban J connectivity index is 2.07. The maximum atomic E-state index is 12.5. The van der Waals surface area contributed by atoms with Gasteiger partial charge >= 0.3 is 5.97 Å². The molecule has 0 radical (unpaired) electrons. The van der Waals surface area contributed by atoms with E-state index in [2.05, 4.69) is 5.32 Å². The summed E-state index contributed by atoms with van der Waals surface area (Å²) < 4.78 is 22.0. The molecular formula is C23H29NO6. The van der Waals surface area contributed by atoms with Crippen molar-refractivity contribution in [1.29, 1.82) is 0 Å². The number of hydrogen-bond acceptors (Lipinski definition) is 6. The molecule has 2 rings (SSSR count). The zero-order valence-corrected chi connectivity index (χ0v) is 17.9. The standard InChI is InChI=1S/C23H29NO6/c1-5-27-19-13-18(14-20(28-6-2)22(19)29-7-3)23(26)30-15-21(25)24-16(4)17-11-9-8-10-12-17/h8-14,16H,5-7,15H2,1-4H3,(H,24,25)/t16-/m0/s1. The van der Waals surface area contributed by atoms with E-state index in [0.717, 1.165) is 5.56 Å². The van der Waals surface area contributed by atoms with E-state index in [0.29, 0.717) is 37.1 Å². The van der Waals surface area contributed by atoms with Gasteiger partial charge < -0.3 is 24.3 Å². The monoisotopic (exact) mass is 415 g/mol. The van der Waals surface area contributed by atoms with Crippen LogP contribution in [0.15, 0.2) is 42.5 Å². The van der Waals surface area contributed by atoms with Crippen LogP contribution < -0.4 is 19.5 Å². The zero-order valence-electron chi connectivity index (χ0n) is 17.9. The molecule has 0 aliphatic carbocycles. The average Bonchev–Trinajstić information content (AvgIpc) is 2.75. The van der Waals surface area contributed by atoms with Crippen LogP contribution in [0.4, 0.5) is 0 Å². The topological polar surface area (TPSA) is 83.1 Å². The zero-order chi connectivity index (χ0) is 21.9. The summed E-state index contributed by atoms with van der Waals surface area (Å²) >= 11 is 0. The Hall–Kier alpha value is -3.22. The predicted molar refractivity (Wildman–Crippen MR) is 113 cm³/mol. The Morgan fingerprint density at radius 2 is 1.47 bits per heavy atom. The smallest absolute Gasteiger partial charge is 0.338 e. The van der Waals surface area contributed by atoms with Crippen LogP contribution in [0.1, 0.15) is 49.7 Å². The van der Waals surface area contributed by atoms with Crippen molar-refractivity contribution < 1.29 is 28.5 Å². The third-order valence-electron chi connectivity index (χ3n) is 4.16. The summed E-state index contributed by atoms with van der Waals surface area (Å²) in [6.45, 7) is 8.19. The second-order valence-electron chi connectivity index (χ2n) is 6.38. The van der Waals surface area contributed by atoms with Gasteiger partial charge in [0.1, 0.15) is 0 Å². The molecule has 0 aliphatic heterocycles. The van der Waals surface area contributed by atoms with Crippen LogP contribution in [-0.2, 0) is 9.53 Å². The van der Waals surface area contributed by atoms with Crippen molar-refractivity contribution in [3.63, 3.8) is 0 Å². The van der Waals surface area contributed by atoms with Gasteiger partial charge in [0, 0.05) is 0 Å². The fraction of sp³-hybridized carbons (Fsp3) is 0.391. The number of esters is 1. The van der Waals surface area contributed by atoms with E-state index < -0.39 is 12.6 Å². The van der Waals surface area contributed by atoms with Crippen LogP contribution in [0.2, 0.25) is 0 Å². The van der Waals surface area contributed by atoms with Crippen molar-refractivity contribution >= 4 is 11.9 Å². The highest BCUT2D eigenvalue weighted by molar-refractivity contribution is 5.92. The lowest BCUT2D eigenvalue weighted by Gasteiger charge is -2.17. The molecule has 2 aromatic rings. The largest absolute Gasteiger partial charge is 0.490 e. The summed E-state index contributed by atoms with van der Waals surface area (Å²) in [4.78, 5) is 24.7. The van der Waals surface area contributed by atoms with Crippen molar-refractivity contribution in [3.05, 3.63) is 53.6 Å². The molecule has 1 atom stereocenters. The molecule has 0 bridgehead atoms. The molecule has 0 aromatic heterocycles. The SMILES string of the molecule is CCOc1cc(C(=O)OCC(=O)N[C@@H](C)c2ccccc2)cc(OCC)c1OCC. The van der Waals surface area contributed by atoms with Crippen molar-refractivity contribution in [2.45, 2.75) is 33.7 Å². The Bertz CT molecular complexity index is 810. The highest BCUT2D eigenvalue weighted by Crippen LogP contribution is 2.39. The molecule has 0 fully saturated rings. The first kappa shape index (κ1) is 23.1. The average molecular weight is 415 g/mol. The summed E-state index contributed by atoms with van der Waals surface area (Å²) in [6, 6.07) is 12.4. The van der Waals surface area contributed by atoms with Crippen LogP contribution in [0.3, 0.4) is 0 Å². The van der Waals surface area contributed by atoms with Gasteiger partial charge in [0.15, 0.2) is 18.1 Å². The van der Waals surface area contributed by atoms with E-state index in [-0.39, 0.29) is 17.5 Å². The first-order valence-corrected chi connectivity index (χ1v) is 10.1. The molecule has 0 saturated heterocycles. The lowest BCUT2D eigenvalue weighted by molar-refractivity contribution is -0.124. The predicted octanol–water partition coefficient (Wildman–Crippen LogP) is 3.92. The minimum Gasteiger partial charge on any atom is -0.490 e. The first-order chi connectivity index (χ1) is 14.5. The number of carbonyl (C=O) groups excluding carboxylic acids is 2. The first-order valence-electron chi connectivity index (χ1n) is 10.1. The molecule has 0 saturated carbocycles. The summed E-state index contributed by atoms with van der Waals surface area (Å²) in [7, 11) is 0. The molecule has 2 aromatic carbocycles. The number of ether oxygens (including phenoxy) is 4. The fourth-order valence-corrected chi connectivity index (χ4v) is 2.83. The maximum Gasteiger partial charge on any atom is 0.338 e. The third kappa shape index (κ3) is 6.40. The highest BCUT2D eigenvalue weighted by atomic mass is 16.5. The van der Waals surface area contributed by atoms with Crippen LogP contribution in [0.25, 0.3) is 0 Å². The molecule has 0 unspecified atom stereocenters. The molecule has 162 valence electrons. The van der Waals surface area contributed by atoms with E-state index in [1.54, 1.807) is 0 Å². The van der Waals surface area contributed by atoms with Gasteiger partial charge in [0.2, 0.25) is 5.75 Å². The molecule has 7 heteroatoms. The molecule has 1 amide bonds. The van der Waals surface area contributed by atoms with Crippen molar-refractivity contribution in [2.24, 2.45) is 0 Å². The molecule has 7 nitrogen and oxygen atoms in total. The Morgan fingerprint density at radius 3 is 2.00 bits per heavy atom.